The Morgan fingerprint density at radius 2 is 2.14 bits per heavy atom. The molecular formula is C16H30N6. The maximum Gasteiger partial charge on any atom is 0.191 e. The van der Waals surface area contributed by atoms with Crippen LogP contribution in [0.2, 0.25) is 0 Å². The molecule has 1 fully saturated rings. The predicted molar refractivity (Wildman–Crippen MR) is 91.1 cm³/mol. The maximum absolute atomic E-state index is 4.26. The predicted octanol–water partition coefficient (Wildman–Crippen LogP) is 1.31. The number of nitrogens with zero attached hydrogens (tertiary/aromatic N) is 4. The fourth-order valence-corrected chi connectivity index (χ4v) is 2.92. The van der Waals surface area contributed by atoms with Crippen molar-refractivity contribution in [3.63, 3.8) is 0 Å². The SMILES string of the molecule is CN=C(NCCCN1CCCCC1C)NCCn1ccnc1. The number of aromatic nitrogens is 2. The zero-order valence-corrected chi connectivity index (χ0v) is 14.0. The molecule has 0 spiro atoms. The van der Waals surface area contributed by atoms with Gasteiger partial charge in [0.05, 0.1) is 6.33 Å². The number of aliphatic imine (C=N–C) groups is 1. The summed E-state index contributed by atoms with van der Waals surface area (Å²) in [6, 6.07) is 0.751. The van der Waals surface area contributed by atoms with E-state index in [1.165, 1.54) is 32.4 Å². The van der Waals surface area contributed by atoms with Crippen LogP contribution in [0, 0.1) is 0 Å². The molecule has 1 unspecified atom stereocenters. The lowest BCUT2D eigenvalue weighted by Crippen LogP contribution is -2.42. The molecule has 1 aromatic rings. The van der Waals surface area contributed by atoms with Gasteiger partial charge in [0.2, 0.25) is 0 Å². The van der Waals surface area contributed by atoms with Crippen molar-refractivity contribution >= 4 is 5.96 Å². The minimum Gasteiger partial charge on any atom is -0.356 e. The van der Waals surface area contributed by atoms with Gasteiger partial charge in [0.25, 0.3) is 0 Å². The maximum atomic E-state index is 4.26. The van der Waals surface area contributed by atoms with E-state index >= 15 is 0 Å². The van der Waals surface area contributed by atoms with E-state index in [4.69, 9.17) is 0 Å². The molecule has 22 heavy (non-hydrogen) atoms. The summed E-state index contributed by atoms with van der Waals surface area (Å²) in [6.07, 6.45) is 10.9. The Labute approximate surface area is 134 Å². The molecule has 2 N–H and O–H groups in total. The normalized spacial score (nSPS) is 20.1. The molecule has 0 aromatic carbocycles. The summed E-state index contributed by atoms with van der Waals surface area (Å²) >= 11 is 0. The third-order valence-corrected chi connectivity index (χ3v) is 4.30. The average Bonchev–Trinajstić information content (AvgIpc) is 3.04. The van der Waals surface area contributed by atoms with Crippen molar-refractivity contribution in [2.24, 2.45) is 4.99 Å². The molecule has 0 bridgehead atoms. The molecule has 2 rings (SSSR count). The molecule has 1 atom stereocenters. The Morgan fingerprint density at radius 3 is 2.86 bits per heavy atom. The van der Waals surface area contributed by atoms with E-state index in [1.807, 2.05) is 19.6 Å². The molecule has 1 aromatic heterocycles. The third kappa shape index (κ3) is 5.67. The van der Waals surface area contributed by atoms with E-state index in [-0.39, 0.29) is 0 Å². The van der Waals surface area contributed by atoms with Crippen LogP contribution in [0.1, 0.15) is 32.6 Å². The fourth-order valence-electron chi connectivity index (χ4n) is 2.92. The second-order valence-corrected chi connectivity index (χ2v) is 5.96. The summed E-state index contributed by atoms with van der Waals surface area (Å²) in [6.45, 7) is 7.50. The van der Waals surface area contributed by atoms with Crippen LogP contribution in [0.4, 0.5) is 0 Å². The summed E-state index contributed by atoms with van der Waals surface area (Å²) in [5, 5.41) is 6.72. The number of nitrogens with one attached hydrogen (secondary N) is 2. The summed E-state index contributed by atoms with van der Waals surface area (Å²) in [7, 11) is 1.82. The van der Waals surface area contributed by atoms with Crippen LogP contribution in [-0.4, -0.2) is 59.7 Å². The van der Waals surface area contributed by atoms with E-state index in [2.05, 4.69) is 37.0 Å². The van der Waals surface area contributed by atoms with Gasteiger partial charge >= 0.3 is 0 Å². The van der Waals surface area contributed by atoms with Crippen LogP contribution in [0.5, 0.6) is 0 Å². The van der Waals surface area contributed by atoms with E-state index in [0.29, 0.717) is 0 Å². The van der Waals surface area contributed by atoms with Crippen molar-refractivity contribution in [3.8, 4) is 0 Å². The van der Waals surface area contributed by atoms with E-state index in [9.17, 15) is 0 Å². The zero-order valence-electron chi connectivity index (χ0n) is 14.0. The van der Waals surface area contributed by atoms with Gasteiger partial charge in [0.15, 0.2) is 5.96 Å². The second kappa shape index (κ2) is 9.46. The molecule has 2 heterocycles. The van der Waals surface area contributed by atoms with Gasteiger partial charge in [-0.15, -0.1) is 0 Å². The van der Waals surface area contributed by atoms with Gasteiger partial charge in [-0.05, 0) is 32.7 Å². The molecule has 0 aliphatic carbocycles. The number of hydrogen-bond acceptors (Lipinski definition) is 3. The summed E-state index contributed by atoms with van der Waals surface area (Å²) in [5.41, 5.74) is 0. The molecule has 6 nitrogen and oxygen atoms in total. The number of guanidine groups is 1. The van der Waals surface area contributed by atoms with Crippen LogP contribution in [0.15, 0.2) is 23.7 Å². The molecule has 1 saturated heterocycles. The van der Waals surface area contributed by atoms with Crippen LogP contribution in [0.25, 0.3) is 0 Å². The Kier molecular flexibility index (Phi) is 7.22. The largest absolute Gasteiger partial charge is 0.356 e. The lowest BCUT2D eigenvalue weighted by atomic mass is 10.0. The number of likely N-dealkylation sites (tertiary alicyclic amines) is 1. The van der Waals surface area contributed by atoms with Crippen molar-refractivity contribution < 1.29 is 0 Å². The van der Waals surface area contributed by atoms with Gasteiger partial charge in [0, 0.05) is 51.7 Å². The van der Waals surface area contributed by atoms with Gasteiger partial charge < -0.3 is 20.1 Å². The van der Waals surface area contributed by atoms with Gasteiger partial charge in [0.1, 0.15) is 0 Å². The van der Waals surface area contributed by atoms with Gasteiger partial charge in [-0.25, -0.2) is 4.98 Å². The van der Waals surface area contributed by atoms with Crippen molar-refractivity contribution in [3.05, 3.63) is 18.7 Å². The lowest BCUT2D eigenvalue weighted by molar-refractivity contribution is 0.159. The summed E-state index contributed by atoms with van der Waals surface area (Å²) in [5.74, 6) is 0.881. The minimum absolute atomic E-state index is 0.751. The highest BCUT2D eigenvalue weighted by molar-refractivity contribution is 5.79. The van der Waals surface area contributed by atoms with E-state index in [1.54, 1.807) is 6.20 Å². The quantitative estimate of drug-likeness (QED) is 0.453. The summed E-state index contributed by atoms with van der Waals surface area (Å²) < 4.78 is 2.05. The van der Waals surface area contributed by atoms with Crippen molar-refractivity contribution in [2.45, 2.75) is 45.2 Å². The molecule has 6 heteroatoms. The van der Waals surface area contributed by atoms with Crippen molar-refractivity contribution in [1.29, 1.82) is 0 Å². The number of rotatable bonds is 7. The van der Waals surface area contributed by atoms with Crippen molar-refractivity contribution in [2.75, 3.05) is 33.2 Å². The molecule has 1 aliphatic heterocycles. The van der Waals surface area contributed by atoms with Gasteiger partial charge in [-0.1, -0.05) is 6.42 Å². The first-order valence-electron chi connectivity index (χ1n) is 8.44. The standard InChI is InChI=1S/C16H30N6/c1-15-6-3-4-10-22(15)11-5-7-19-16(17-2)20-9-13-21-12-8-18-14-21/h8,12,14-15H,3-7,9-11,13H2,1-2H3,(H2,17,19,20). The Morgan fingerprint density at radius 1 is 1.27 bits per heavy atom. The van der Waals surface area contributed by atoms with Crippen molar-refractivity contribution in [1.82, 2.24) is 25.1 Å². The first-order valence-corrected chi connectivity index (χ1v) is 8.44. The molecule has 0 amide bonds. The highest BCUT2D eigenvalue weighted by atomic mass is 15.2. The minimum atomic E-state index is 0.751. The van der Waals surface area contributed by atoms with Crippen LogP contribution < -0.4 is 10.6 Å². The Hall–Kier alpha value is -1.56. The van der Waals surface area contributed by atoms with Crippen LogP contribution >= 0.6 is 0 Å². The topological polar surface area (TPSA) is 57.5 Å². The molecule has 124 valence electrons. The first kappa shape index (κ1) is 16.8. The van der Waals surface area contributed by atoms with E-state index in [0.717, 1.165) is 38.1 Å². The fraction of sp³-hybridized carbons (Fsp3) is 0.750. The van der Waals surface area contributed by atoms with Gasteiger partial charge in [-0.3, -0.25) is 4.99 Å². The van der Waals surface area contributed by atoms with E-state index < -0.39 is 0 Å². The monoisotopic (exact) mass is 306 g/mol. The number of piperidine rings is 1. The second-order valence-electron chi connectivity index (χ2n) is 5.96. The lowest BCUT2D eigenvalue weighted by Gasteiger charge is -2.33. The Bertz CT molecular complexity index is 428. The molecule has 0 radical (unpaired) electrons. The highest BCUT2D eigenvalue weighted by Crippen LogP contribution is 2.15. The number of imidazole rings is 1. The van der Waals surface area contributed by atoms with Crippen LogP contribution in [-0.2, 0) is 6.54 Å². The smallest absolute Gasteiger partial charge is 0.191 e. The molecule has 0 saturated carbocycles. The highest BCUT2D eigenvalue weighted by Gasteiger charge is 2.16. The first-order chi connectivity index (χ1) is 10.8. The molecule has 1 aliphatic rings. The van der Waals surface area contributed by atoms with Gasteiger partial charge in [-0.2, -0.15) is 0 Å². The van der Waals surface area contributed by atoms with Crippen LogP contribution in [0.3, 0.4) is 0 Å². The average molecular weight is 306 g/mol. The summed E-state index contributed by atoms with van der Waals surface area (Å²) in [4.78, 5) is 10.9. The third-order valence-electron chi connectivity index (χ3n) is 4.30. The zero-order chi connectivity index (χ0) is 15.6. The number of hydrogen-bond donors (Lipinski definition) is 2. The molecular weight excluding hydrogens is 276 g/mol. The Balaban J connectivity index is 1.56.